The first-order valence-corrected chi connectivity index (χ1v) is 6.93. The standard InChI is InChI=1S/C16H24FN/c1-16(2,3)8-9-18-15-10-13(11-15)12-4-6-14(17)7-5-12/h4-7,13,15,18H,8-11H2,1-3H3. The molecule has 0 radical (unpaired) electrons. The largest absolute Gasteiger partial charge is 0.314 e. The van der Waals surface area contributed by atoms with Gasteiger partial charge in [-0.05, 0) is 54.8 Å². The zero-order valence-electron chi connectivity index (χ0n) is 11.7. The predicted molar refractivity (Wildman–Crippen MR) is 74.2 cm³/mol. The molecule has 18 heavy (non-hydrogen) atoms. The van der Waals surface area contributed by atoms with Crippen molar-refractivity contribution >= 4 is 0 Å². The van der Waals surface area contributed by atoms with Gasteiger partial charge in [-0.25, -0.2) is 4.39 Å². The van der Waals surface area contributed by atoms with Gasteiger partial charge in [-0.15, -0.1) is 0 Å². The van der Waals surface area contributed by atoms with Crippen LogP contribution in [-0.4, -0.2) is 12.6 Å². The van der Waals surface area contributed by atoms with E-state index in [2.05, 4.69) is 26.1 Å². The molecule has 0 aromatic heterocycles. The summed E-state index contributed by atoms with van der Waals surface area (Å²) in [5.41, 5.74) is 1.69. The Kier molecular flexibility index (Phi) is 4.06. The summed E-state index contributed by atoms with van der Waals surface area (Å²) in [6.45, 7) is 7.93. The minimum Gasteiger partial charge on any atom is -0.314 e. The van der Waals surface area contributed by atoms with E-state index in [0.717, 1.165) is 6.54 Å². The van der Waals surface area contributed by atoms with Crippen molar-refractivity contribution in [1.29, 1.82) is 0 Å². The Balaban J connectivity index is 1.69. The van der Waals surface area contributed by atoms with Crippen molar-refractivity contribution in [2.45, 2.75) is 52.0 Å². The van der Waals surface area contributed by atoms with E-state index in [0.29, 0.717) is 17.4 Å². The average molecular weight is 249 g/mol. The molecule has 0 spiro atoms. The van der Waals surface area contributed by atoms with Crippen LogP contribution in [0.1, 0.15) is 51.5 Å². The molecule has 0 heterocycles. The second-order valence-corrected chi connectivity index (χ2v) is 6.68. The molecule has 2 heteroatoms. The summed E-state index contributed by atoms with van der Waals surface area (Å²) in [6, 6.07) is 7.63. The second kappa shape index (κ2) is 5.40. The van der Waals surface area contributed by atoms with Gasteiger partial charge in [-0.1, -0.05) is 32.9 Å². The highest BCUT2D eigenvalue weighted by Crippen LogP contribution is 2.36. The maximum absolute atomic E-state index is 12.8. The molecular weight excluding hydrogens is 225 g/mol. The Labute approximate surface area is 110 Å². The molecule has 1 aromatic carbocycles. The molecule has 1 N–H and O–H groups in total. The third kappa shape index (κ3) is 3.81. The molecular formula is C16H24FN. The lowest BCUT2D eigenvalue weighted by atomic mass is 9.75. The molecule has 0 aliphatic heterocycles. The number of benzene rings is 1. The molecule has 100 valence electrons. The van der Waals surface area contributed by atoms with Crippen molar-refractivity contribution in [2.75, 3.05) is 6.54 Å². The molecule has 1 aromatic rings. The smallest absolute Gasteiger partial charge is 0.123 e. The molecule has 1 aliphatic rings. The van der Waals surface area contributed by atoms with Gasteiger partial charge in [-0.3, -0.25) is 0 Å². The summed E-state index contributed by atoms with van der Waals surface area (Å²) >= 11 is 0. The fourth-order valence-electron chi connectivity index (χ4n) is 2.44. The van der Waals surface area contributed by atoms with Crippen LogP contribution in [0.15, 0.2) is 24.3 Å². The quantitative estimate of drug-likeness (QED) is 0.847. The van der Waals surface area contributed by atoms with Gasteiger partial charge in [0.1, 0.15) is 5.82 Å². The van der Waals surface area contributed by atoms with Crippen LogP contribution in [0, 0.1) is 11.2 Å². The second-order valence-electron chi connectivity index (χ2n) is 6.68. The van der Waals surface area contributed by atoms with Crippen LogP contribution in [0.25, 0.3) is 0 Å². The molecule has 0 unspecified atom stereocenters. The van der Waals surface area contributed by atoms with Crippen molar-refractivity contribution in [1.82, 2.24) is 5.32 Å². The fourth-order valence-corrected chi connectivity index (χ4v) is 2.44. The first-order chi connectivity index (χ1) is 8.44. The zero-order valence-corrected chi connectivity index (χ0v) is 11.7. The molecule has 1 nitrogen and oxygen atoms in total. The summed E-state index contributed by atoms with van der Waals surface area (Å²) in [5.74, 6) is 0.482. The van der Waals surface area contributed by atoms with E-state index in [9.17, 15) is 4.39 Å². The summed E-state index contributed by atoms with van der Waals surface area (Å²) in [5, 5.41) is 3.61. The van der Waals surface area contributed by atoms with Gasteiger partial charge in [0.05, 0.1) is 0 Å². The maximum Gasteiger partial charge on any atom is 0.123 e. The number of rotatable bonds is 4. The van der Waals surface area contributed by atoms with Gasteiger partial charge in [0.25, 0.3) is 0 Å². The van der Waals surface area contributed by atoms with Crippen molar-refractivity contribution in [3.05, 3.63) is 35.6 Å². The Bertz CT molecular complexity index is 371. The number of halogens is 1. The molecule has 0 bridgehead atoms. The summed E-state index contributed by atoms with van der Waals surface area (Å²) in [7, 11) is 0. The van der Waals surface area contributed by atoms with Crippen molar-refractivity contribution in [3.63, 3.8) is 0 Å². The van der Waals surface area contributed by atoms with Gasteiger partial charge in [0.2, 0.25) is 0 Å². The topological polar surface area (TPSA) is 12.0 Å². The van der Waals surface area contributed by atoms with E-state index in [1.807, 2.05) is 12.1 Å². The van der Waals surface area contributed by atoms with Crippen LogP contribution in [0.2, 0.25) is 0 Å². The van der Waals surface area contributed by atoms with Crippen molar-refractivity contribution in [3.8, 4) is 0 Å². The molecule has 0 saturated heterocycles. The summed E-state index contributed by atoms with van der Waals surface area (Å²) in [6.07, 6.45) is 3.59. The summed E-state index contributed by atoms with van der Waals surface area (Å²) < 4.78 is 12.8. The minimum absolute atomic E-state index is 0.141. The van der Waals surface area contributed by atoms with Crippen molar-refractivity contribution in [2.24, 2.45) is 5.41 Å². The number of nitrogens with one attached hydrogen (secondary N) is 1. The van der Waals surface area contributed by atoms with E-state index >= 15 is 0 Å². The summed E-state index contributed by atoms with van der Waals surface area (Å²) in [4.78, 5) is 0. The van der Waals surface area contributed by atoms with Crippen LogP contribution < -0.4 is 5.32 Å². The molecule has 1 saturated carbocycles. The van der Waals surface area contributed by atoms with Gasteiger partial charge in [0, 0.05) is 6.04 Å². The molecule has 1 aliphatic carbocycles. The SMILES string of the molecule is CC(C)(C)CCNC1CC(c2ccc(F)cc2)C1. The van der Waals surface area contributed by atoms with E-state index in [4.69, 9.17) is 0 Å². The molecule has 2 rings (SSSR count). The zero-order chi connectivity index (χ0) is 13.2. The number of hydrogen-bond donors (Lipinski definition) is 1. The van der Waals surface area contributed by atoms with E-state index in [-0.39, 0.29) is 5.82 Å². The predicted octanol–water partition coefficient (Wildman–Crippen LogP) is 4.10. The first-order valence-electron chi connectivity index (χ1n) is 6.93. The van der Waals surface area contributed by atoms with Crippen LogP contribution in [0.3, 0.4) is 0 Å². The molecule has 0 amide bonds. The van der Waals surface area contributed by atoms with Gasteiger partial charge in [0.15, 0.2) is 0 Å². The molecule has 1 fully saturated rings. The third-order valence-corrected chi connectivity index (χ3v) is 3.79. The van der Waals surface area contributed by atoms with Crippen LogP contribution in [-0.2, 0) is 0 Å². The molecule has 0 atom stereocenters. The highest BCUT2D eigenvalue weighted by molar-refractivity contribution is 5.23. The van der Waals surface area contributed by atoms with Crippen molar-refractivity contribution < 1.29 is 4.39 Å². The average Bonchev–Trinajstić information content (AvgIpc) is 2.22. The lowest BCUT2D eigenvalue weighted by Crippen LogP contribution is -2.41. The lowest BCUT2D eigenvalue weighted by Gasteiger charge is -2.37. The number of hydrogen-bond acceptors (Lipinski definition) is 1. The maximum atomic E-state index is 12.8. The van der Waals surface area contributed by atoms with Gasteiger partial charge >= 0.3 is 0 Å². The Morgan fingerprint density at radius 3 is 2.33 bits per heavy atom. The van der Waals surface area contributed by atoms with E-state index in [1.165, 1.54) is 24.8 Å². The van der Waals surface area contributed by atoms with Gasteiger partial charge in [-0.2, -0.15) is 0 Å². The van der Waals surface area contributed by atoms with Crippen LogP contribution >= 0.6 is 0 Å². The monoisotopic (exact) mass is 249 g/mol. The minimum atomic E-state index is -0.141. The fraction of sp³-hybridized carbons (Fsp3) is 0.625. The van der Waals surface area contributed by atoms with E-state index in [1.54, 1.807) is 12.1 Å². The normalized spacial score (nSPS) is 23.8. The highest BCUT2D eigenvalue weighted by atomic mass is 19.1. The first kappa shape index (κ1) is 13.5. The Morgan fingerprint density at radius 1 is 1.17 bits per heavy atom. The third-order valence-electron chi connectivity index (χ3n) is 3.79. The van der Waals surface area contributed by atoms with Crippen LogP contribution in [0.4, 0.5) is 4.39 Å². The van der Waals surface area contributed by atoms with E-state index < -0.39 is 0 Å². The van der Waals surface area contributed by atoms with Crippen LogP contribution in [0.5, 0.6) is 0 Å². The lowest BCUT2D eigenvalue weighted by molar-refractivity contribution is 0.270. The highest BCUT2D eigenvalue weighted by Gasteiger charge is 2.29. The Morgan fingerprint density at radius 2 is 1.78 bits per heavy atom. The van der Waals surface area contributed by atoms with Gasteiger partial charge < -0.3 is 5.32 Å². The Hall–Kier alpha value is -0.890.